The number of fused-ring (bicyclic) bond motifs is 1. The molecular formula is C26H29N3O7. The van der Waals surface area contributed by atoms with Gasteiger partial charge >= 0.3 is 0 Å². The van der Waals surface area contributed by atoms with Crippen molar-refractivity contribution in [3.05, 3.63) is 65.4 Å². The highest BCUT2D eigenvalue weighted by Crippen LogP contribution is 2.34. The maximum atomic E-state index is 12.8. The van der Waals surface area contributed by atoms with Crippen molar-refractivity contribution in [1.29, 1.82) is 0 Å². The molecule has 2 aliphatic heterocycles. The molecule has 10 heteroatoms. The fourth-order valence-electron chi connectivity index (χ4n) is 4.39. The molecule has 1 saturated heterocycles. The van der Waals surface area contributed by atoms with Crippen LogP contribution >= 0.6 is 0 Å². The number of oxazole rings is 1. The zero-order valence-electron chi connectivity index (χ0n) is 20.4. The predicted octanol–water partition coefficient (Wildman–Crippen LogP) is 3.10. The van der Waals surface area contributed by atoms with Gasteiger partial charge in [0.05, 0.1) is 34.0 Å². The summed E-state index contributed by atoms with van der Waals surface area (Å²) in [5.74, 6) is 3.10. The number of methoxy groups -OCH3 is 2. The molecule has 0 atom stereocenters. The van der Waals surface area contributed by atoms with Crippen molar-refractivity contribution in [3.63, 3.8) is 0 Å². The smallest absolute Gasteiger partial charge is 0.275 e. The first-order chi connectivity index (χ1) is 17.6. The third-order valence-corrected chi connectivity index (χ3v) is 6.15. The van der Waals surface area contributed by atoms with Gasteiger partial charge in [0.15, 0.2) is 28.7 Å². The first kappa shape index (κ1) is 24.0. The average molecular weight is 496 g/mol. The lowest BCUT2D eigenvalue weighted by Crippen LogP contribution is -2.40. The highest BCUT2D eigenvalue weighted by atomic mass is 16.7. The van der Waals surface area contributed by atoms with Crippen molar-refractivity contribution in [3.8, 4) is 23.0 Å². The van der Waals surface area contributed by atoms with Crippen molar-refractivity contribution in [2.24, 2.45) is 0 Å². The fourth-order valence-corrected chi connectivity index (χ4v) is 4.39. The third kappa shape index (κ3) is 5.24. The Labute approximate surface area is 209 Å². The number of aromatic nitrogens is 1. The van der Waals surface area contributed by atoms with Crippen molar-refractivity contribution in [2.75, 3.05) is 47.3 Å². The Morgan fingerprint density at radius 3 is 2.67 bits per heavy atom. The number of carbonyl (C=O) groups excluding carboxylic acids is 1. The van der Waals surface area contributed by atoms with E-state index in [9.17, 15) is 4.79 Å². The Balaban J connectivity index is 1.37. The number of para-hydroxylation sites is 1. The Hall–Kier alpha value is -3.76. The summed E-state index contributed by atoms with van der Waals surface area (Å²) < 4.78 is 33.2. The summed E-state index contributed by atoms with van der Waals surface area (Å²) in [7, 11) is 3.24. The summed E-state index contributed by atoms with van der Waals surface area (Å²) in [6, 6.07) is 11.7. The molecule has 0 spiro atoms. The molecule has 0 bridgehead atoms. The molecule has 1 fully saturated rings. The molecule has 0 radical (unpaired) electrons. The number of benzene rings is 2. The summed E-state index contributed by atoms with van der Waals surface area (Å²) in [5.41, 5.74) is 2.29. The third-order valence-electron chi connectivity index (χ3n) is 6.15. The minimum atomic E-state index is -0.148. The molecule has 1 amide bonds. The molecule has 3 aromatic rings. The van der Waals surface area contributed by atoms with Crippen LogP contribution < -0.4 is 18.9 Å². The van der Waals surface area contributed by atoms with Gasteiger partial charge in [-0.25, -0.2) is 4.98 Å². The predicted molar refractivity (Wildman–Crippen MR) is 128 cm³/mol. The maximum absolute atomic E-state index is 12.8. The van der Waals surface area contributed by atoms with Crippen LogP contribution in [0.1, 0.15) is 27.5 Å². The average Bonchev–Trinajstić information content (AvgIpc) is 3.58. The van der Waals surface area contributed by atoms with E-state index in [0.29, 0.717) is 69.0 Å². The molecule has 2 aliphatic rings. The molecule has 0 aliphatic carbocycles. The zero-order valence-corrected chi connectivity index (χ0v) is 20.4. The normalized spacial score (nSPS) is 14.8. The first-order valence-corrected chi connectivity index (χ1v) is 11.8. The van der Waals surface area contributed by atoms with Crippen LogP contribution in [0.2, 0.25) is 0 Å². The summed E-state index contributed by atoms with van der Waals surface area (Å²) in [5, 5.41) is 0. The van der Waals surface area contributed by atoms with E-state index < -0.39 is 0 Å². The summed E-state index contributed by atoms with van der Waals surface area (Å²) in [6.07, 6.45) is 1.43. The van der Waals surface area contributed by atoms with Crippen molar-refractivity contribution in [2.45, 2.75) is 19.6 Å². The van der Waals surface area contributed by atoms with Crippen LogP contribution in [-0.2, 0) is 24.4 Å². The molecule has 0 unspecified atom stereocenters. The van der Waals surface area contributed by atoms with Gasteiger partial charge in [-0.1, -0.05) is 18.2 Å². The van der Waals surface area contributed by atoms with E-state index in [0.717, 1.165) is 22.6 Å². The maximum Gasteiger partial charge on any atom is 0.275 e. The molecular weight excluding hydrogens is 466 g/mol. The van der Waals surface area contributed by atoms with Crippen LogP contribution in [0.25, 0.3) is 0 Å². The molecule has 5 rings (SSSR count). The second-order valence-corrected chi connectivity index (χ2v) is 8.52. The van der Waals surface area contributed by atoms with E-state index in [2.05, 4.69) is 9.88 Å². The molecule has 0 saturated carbocycles. The van der Waals surface area contributed by atoms with Crippen LogP contribution in [0.5, 0.6) is 23.0 Å². The standard InChI is InChI=1S/C26H29N3O7/c1-31-22-5-3-4-19(25(22)32-2)14-28(13-18-6-7-21-23(12-18)36-17-35-21)15-24-27-20(16-34-24)26(30)29-8-10-33-11-9-29/h3-7,12,16H,8-11,13-15,17H2,1-2H3. The Bertz CT molecular complexity index is 1210. The highest BCUT2D eigenvalue weighted by molar-refractivity contribution is 5.92. The van der Waals surface area contributed by atoms with E-state index in [4.69, 9.17) is 28.1 Å². The molecule has 0 N–H and O–H groups in total. The van der Waals surface area contributed by atoms with Crippen LogP contribution in [0, 0.1) is 0 Å². The molecule has 2 aromatic carbocycles. The molecule has 36 heavy (non-hydrogen) atoms. The molecule has 1 aromatic heterocycles. The van der Waals surface area contributed by atoms with Crippen LogP contribution in [-0.4, -0.2) is 68.0 Å². The summed E-state index contributed by atoms with van der Waals surface area (Å²) >= 11 is 0. The minimum absolute atomic E-state index is 0.148. The molecule has 3 heterocycles. The Morgan fingerprint density at radius 1 is 1.03 bits per heavy atom. The number of carbonyl (C=O) groups is 1. The number of amides is 1. The van der Waals surface area contributed by atoms with Gasteiger partial charge in [-0.3, -0.25) is 9.69 Å². The van der Waals surface area contributed by atoms with E-state index in [1.54, 1.807) is 19.1 Å². The van der Waals surface area contributed by atoms with Gasteiger partial charge in [0.2, 0.25) is 12.7 Å². The number of rotatable bonds is 9. The monoisotopic (exact) mass is 495 g/mol. The lowest BCUT2D eigenvalue weighted by atomic mass is 10.1. The van der Waals surface area contributed by atoms with E-state index in [1.807, 2.05) is 36.4 Å². The second-order valence-electron chi connectivity index (χ2n) is 8.52. The quantitative estimate of drug-likeness (QED) is 0.444. The molecule has 10 nitrogen and oxygen atoms in total. The van der Waals surface area contributed by atoms with E-state index in [1.165, 1.54) is 6.26 Å². The van der Waals surface area contributed by atoms with Crippen molar-refractivity contribution in [1.82, 2.24) is 14.8 Å². The SMILES string of the molecule is COc1cccc(CN(Cc2ccc3c(c2)OCO3)Cc2nc(C(=O)N3CCOCC3)co2)c1OC. The van der Waals surface area contributed by atoms with E-state index in [-0.39, 0.29) is 12.7 Å². The zero-order chi connectivity index (χ0) is 24.9. The van der Waals surface area contributed by atoms with Gasteiger partial charge in [-0.15, -0.1) is 0 Å². The van der Waals surface area contributed by atoms with Gasteiger partial charge in [0.25, 0.3) is 5.91 Å². The lowest BCUT2D eigenvalue weighted by molar-refractivity contribution is 0.0299. The van der Waals surface area contributed by atoms with Crippen LogP contribution in [0.4, 0.5) is 0 Å². The number of morpholine rings is 1. The topological polar surface area (TPSA) is 95.7 Å². The summed E-state index contributed by atoms with van der Waals surface area (Å²) in [6.45, 7) is 3.87. The van der Waals surface area contributed by atoms with Crippen molar-refractivity contribution >= 4 is 5.91 Å². The van der Waals surface area contributed by atoms with Gasteiger partial charge in [-0.05, 0) is 23.8 Å². The van der Waals surface area contributed by atoms with Gasteiger partial charge in [0.1, 0.15) is 6.26 Å². The second kappa shape index (κ2) is 10.9. The van der Waals surface area contributed by atoms with Crippen LogP contribution in [0.3, 0.4) is 0 Å². The Kier molecular flexibility index (Phi) is 7.24. The van der Waals surface area contributed by atoms with Crippen molar-refractivity contribution < 1.29 is 32.9 Å². The van der Waals surface area contributed by atoms with Gasteiger partial charge < -0.3 is 33.0 Å². The number of hydrogen-bond acceptors (Lipinski definition) is 9. The first-order valence-electron chi connectivity index (χ1n) is 11.8. The van der Waals surface area contributed by atoms with Crippen LogP contribution in [0.15, 0.2) is 47.1 Å². The molecule has 190 valence electrons. The lowest BCUT2D eigenvalue weighted by Gasteiger charge is -2.25. The largest absolute Gasteiger partial charge is 0.493 e. The Morgan fingerprint density at radius 2 is 1.86 bits per heavy atom. The number of hydrogen-bond donors (Lipinski definition) is 0. The fraction of sp³-hybridized carbons (Fsp3) is 0.385. The number of nitrogens with zero attached hydrogens (tertiary/aromatic N) is 3. The van der Waals surface area contributed by atoms with Gasteiger partial charge in [0, 0.05) is 31.7 Å². The highest BCUT2D eigenvalue weighted by Gasteiger charge is 2.23. The van der Waals surface area contributed by atoms with Gasteiger partial charge in [-0.2, -0.15) is 0 Å². The van der Waals surface area contributed by atoms with E-state index >= 15 is 0 Å². The minimum Gasteiger partial charge on any atom is -0.493 e. The number of ether oxygens (including phenoxy) is 5. The summed E-state index contributed by atoms with van der Waals surface area (Å²) in [4.78, 5) is 21.2.